The third kappa shape index (κ3) is 2.48. The fourth-order valence-electron chi connectivity index (χ4n) is 0.691. The quantitative estimate of drug-likeness (QED) is 0.543. The smallest absolute Gasteiger partial charge is 0.387 e. The monoisotopic (exact) mass is 214 g/mol. The molecule has 13 heavy (non-hydrogen) atoms. The lowest BCUT2D eigenvalue weighted by molar-refractivity contribution is -0.0522. The van der Waals surface area contributed by atoms with Crippen LogP contribution in [0.2, 0.25) is 5.02 Å². The molecule has 0 unspecified atom stereocenters. The Bertz CT molecular complexity index is 316. The Morgan fingerprint density at radius 1 is 1.15 bits per heavy atom. The number of ether oxygens (including phenoxy) is 1. The summed E-state index contributed by atoms with van der Waals surface area (Å²) in [6.45, 7) is -3.17. The van der Waals surface area contributed by atoms with Gasteiger partial charge in [-0.05, 0) is 0 Å². The van der Waals surface area contributed by atoms with Crippen LogP contribution in [0.4, 0.5) is 17.6 Å². The highest BCUT2D eigenvalue weighted by atomic mass is 35.5. The van der Waals surface area contributed by atoms with Crippen molar-refractivity contribution in [2.24, 2.45) is 0 Å². The van der Waals surface area contributed by atoms with Crippen molar-refractivity contribution in [2.45, 2.75) is 6.61 Å². The van der Waals surface area contributed by atoms with E-state index in [0.29, 0.717) is 12.1 Å². The second-order valence-corrected chi connectivity index (χ2v) is 2.48. The third-order valence-electron chi connectivity index (χ3n) is 1.19. The van der Waals surface area contributed by atoms with E-state index in [1.807, 2.05) is 0 Å². The molecule has 0 aliphatic carbocycles. The summed E-state index contributed by atoms with van der Waals surface area (Å²) in [6, 6.07) is 1.03. The van der Waals surface area contributed by atoms with Gasteiger partial charge < -0.3 is 4.74 Å². The van der Waals surface area contributed by atoms with Gasteiger partial charge in [0.05, 0.1) is 5.02 Å². The van der Waals surface area contributed by atoms with E-state index in [4.69, 9.17) is 11.6 Å². The molecule has 6 heteroatoms. The van der Waals surface area contributed by atoms with Gasteiger partial charge >= 0.3 is 6.61 Å². The highest BCUT2D eigenvalue weighted by molar-refractivity contribution is 6.30. The summed E-state index contributed by atoms with van der Waals surface area (Å²) < 4.78 is 52.1. The summed E-state index contributed by atoms with van der Waals surface area (Å²) in [5, 5.41) is -0.475. The Kier molecular flexibility index (Phi) is 2.98. The van der Waals surface area contributed by atoms with Gasteiger partial charge in [-0.25, -0.2) is 8.78 Å². The van der Waals surface area contributed by atoms with Crippen molar-refractivity contribution in [3.05, 3.63) is 28.8 Å². The number of benzene rings is 1. The predicted molar refractivity (Wildman–Crippen MR) is 38.0 cm³/mol. The van der Waals surface area contributed by atoms with E-state index >= 15 is 0 Å². The Balaban J connectivity index is 3.01. The number of hydrogen-bond acceptors (Lipinski definition) is 1. The average Bonchev–Trinajstić information content (AvgIpc) is 1.99. The molecule has 0 saturated heterocycles. The first-order valence-corrected chi connectivity index (χ1v) is 3.48. The van der Waals surface area contributed by atoms with Crippen molar-refractivity contribution in [2.75, 3.05) is 0 Å². The van der Waals surface area contributed by atoms with Gasteiger partial charge in [0.25, 0.3) is 0 Å². The number of rotatable bonds is 2. The average molecular weight is 215 g/mol. The van der Waals surface area contributed by atoms with Gasteiger partial charge in [0, 0.05) is 12.1 Å². The van der Waals surface area contributed by atoms with Crippen molar-refractivity contribution in [3.63, 3.8) is 0 Å². The van der Waals surface area contributed by atoms with Crippen LogP contribution in [-0.2, 0) is 0 Å². The standard InChI is InChI=1S/C7H3ClF4O/c8-3-1-6(13-7(11)12)5(10)2-4(3)9/h1-2,7H. The molecule has 72 valence electrons. The lowest BCUT2D eigenvalue weighted by Crippen LogP contribution is -2.04. The van der Waals surface area contributed by atoms with Crippen LogP contribution in [0, 0.1) is 11.6 Å². The van der Waals surface area contributed by atoms with Crippen molar-refractivity contribution in [3.8, 4) is 5.75 Å². The van der Waals surface area contributed by atoms with Gasteiger partial charge in [-0.1, -0.05) is 11.6 Å². The van der Waals surface area contributed by atoms with E-state index in [2.05, 4.69) is 4.74 Å². The molecule has 0 amide bonds. The maximum atomic E-state index is 12.6. The Labute approximate surface area is 75.9 Å². The van der Waals surface area contributed by atoms with Gasteiger partial charge in [0.2, 0.25) is 0 Å². The van der Waals surface area contributed by atoms with E-state index in [1.165, 1.54) is 0 Å². The van der Waals surface area contributed by atoms with Crippen LogP contribution >= 0.6 is 11.6 Å². The van der Waals surface area contributed by atoms with E-state index in [0.717, 1.165) is 0 Å². The largest absolute Gasteiger partial charge is 0.432 e. The highest BCUT2D eigenvalue weighted by Gasteiger charge is 2.13. The first-order chi connectivity index (χ1) is 6.00. The maximum Gasteiger partial charge on any atom is 0.387 e. The minimum Gasteiger partial charge on any atom is -0.432 e. The second-order valence-electron chi connectivity index (χ2n) is 2.08. The summed E-state index contributed by atoms with van der Waals surface area (Å²) in [4.78, 5) is 0. The fourth-order valence-corrected chi connectivity index (χ4v) is 0.844. The van der Waals surface area contributed by atoms with Crippen LogP contribution in [0.3, 0.4) is 0 Å². The van der Waals surface area contributed by atoms with E-state index in [9.17, 15) is 17.6 Å². The fraction of sp³-hybridized carbons (Fsp3) is 0.143. The Hall–Kier alpha value is -0.970. The lowest BCUT2D eigenvalue weighted by Gasteiger charge is -2.05. The zero-order chi connectivity index (χ0) is 10.0. The zero-order valence-electron chi connectivity index (χ0n) is 6.03. The highest BCUT2D eigenvalue weighted by Crippen LogP contribution is 2.26. The molecule has 1 nitrogen and oxygen atoms in total. The van der Waals surface area contributed by atoms with Gasteiger partial charge in [-0.15, -0.1) is 0 Å². The van der Waals surface area contributed by atoms with Crippen LogP contribution in [0.25, 0.3) is 0 Å². The first-order valence-electron chi connectivity index (χ1n) is 3.10. The second kappa shape index (κ2) is 3.83. The van der Waals surface area contributed by atoms with Crippen LogP contribution in [0.15, 0.2) is 12.1 Å². The molecule has 0 spiro atoms. The molecule has 1 rings (SSSR count). The summed E-state index contributed by atoms with van der Waals surface area (Å²) in [7, 11) is 0. The minimum atomic E-state index is -3.17. The molecule has 0 bridgehead atoms. The van der Waals surface area contributed by atoms with Crippen LogP contribution < -0.4 is 4.74 Å². The molecule has 1 aromatic carbocycles. The normalized spacial score (nSPS) is 10.6. The summed E-state index contributed by atoms with van der Waals surface area (Å²) in [5.41, 5.74) is 0. The molecule has 0 radical (unpaired) electrons. The van der Waals surface area contributed by atoms with Gasteiger partial charge in [0.15, 0.2) is 11.6 Å². The van der Waals surface area contributed by atoms with Crippen LogP contribution in [0.5, 0.6) is 5.75 Å². The van der Waals surface area contributed by atoms with Crippen molar-refractivity contribution in [1.82, 2.24) is 0 Å². The van der Waals surface area contributed by atoms with E-state index in [1.54, 1.807) is 0 Å². The van der Waals surface area contributed by atoms with Gasteiger partial charge in [0.1, 0.15) is 5.82 Å². The molecular formula is C7H3ClF4O. The minimum absolute atomic E-state index is 0.375. The predicted octanol–water partition coefficient (Wildman–Crippen LogP) is 3.22. The third-order valence-corrected chi connectivity index (χ3v) is 1.48. The Morgan fingerprint density at radius 2 is 1.77 bits per heavy atom. The molecule has 0 N–H and O–H groups in total. The number of alkyl halides is 2. The molecule has 0 aliphatic rings. The van der Waals surface area contributed by atoms with Gasteiger partial charge in [-0.2, -0.15) is 8.78 Å². The Morgan fingerprint density at radius 3 is 2.31 bits per heavy atom. The van der Waals surface area contributed by atoms with E-state index in [-0.39, 0.29) is 0 Å². The first kappa shape index (κ1) is 10.1. The number of hydrogen-bond donors (Lipinski definition) is 0. The molecular weight excluding hydrogens is 212 g/mol. The molecule has 0 aliphatic heterocycles. The van der Waals surface area contributed by atoms with E-state index < -0.39 is 29.0 Å². The zero-order valence-corrected chi connectivity index (χ0v) is 6.79. The lowest BCUT2D eigenvalue weighted by atomic mass is 10.3. The maximum absolute atomic E-state index is 12.6. The van der Waals surface area contributed by atoms with Crippen molar-refractivity contribution >= 4 is 11.6 Å². The number of halogens is 5. The summed E-state index contributed by atoms with van der Waals surface area (Å²) >= 11 is 5.20. The molecule has 0 atom stereocenters. The molecule has 0 saturated carbocycles. The topological polar surface area (TPSA) is 9.23 Å². The van der Waals surface area contributed by atoms with Gasteiger partial charge in [-0.3, -0.25) is 0 Å². The summed E-state index contributed by atoms with van der Waals surface area (Å²) in [5.74, 6) is -3.02. The van der Waals surface area contributed by atoms with Crippen LogP contribution in [0.1, 0.15) is 0 Å². The molecule has 0 aromatic heterocycles. The molecule has 0 fully saturated rings. The SMILES string of the molecule is Fc1cc(F)c(OC(F)F)cc1Cl. The summed E-state index contributed by atoms with van der Waals surface area (Å²) in [6.07, 6.45) is 0. The van der Waals surface area contributed by atoms with Crippen molar-refractivity contribution < 1.29 is 22.3 Å². The van der Waals surface area contributed by atoms with Crippen LogP contribution in [-0.4, -0.2) is 6.61 Å². The molecule has 0 heterocycles. The van der Waals surface area contributed by atoms with Crippen molar-refractivity contribution in [1.29, 1.82) is 0 Å². The molecule has 1 aromatic rings.